The van der Waals surface area contributed by atoms with Crippen molar-refractivity contribution in [2.45, 2.75) is 25.2 Å². The molecule has 3 heterocycles. The normalized spacial score (nSPS) is 16.7. The minimum Gasteiger partial charge on any atom is -0.355 e. The van der Waals surface area contributed by atoms with Crippen molar-refractivity contribution in [2.24, 2.45) is 0 Å². The smallest absolute Gasteiger partial charge is 0.254 e. The molecule has 1 aliphatic rings. The lowest BCUT2D eigenvalue weighted by Crippen LogP contribution is -2.44. The summed E-state index contributed by atoms with van der Waals surface area (Å²) in [4.78, 5) is 30.3. The van der Waals surface area contributed by atoms with E-state index in [1.54, 1.807) is 37.8 Å². The molecule has 0 atom stereocenters. The monoisotopic (exact) mass is 327 g/mol. The maximum absolute atomic E-state index is 12.5. The SMILES string of the molecule is CNC(=O)c1cn[nH]c1C1(C)CCN(C(=O)c2ccncc2)CC1. The van der Waals surface area contributed by atoms with Crippen molar-refractivity contribution in [1.82, 2.24) is 25.4 Å². The van der Waals surface area contributed by atoms with E-state index in [-0.39, 0.29) is 17.2 Å². The number of nitrogens with one attached hydrogen (secondary N) is 2. The van der Waals surface area contributed by atoms with Crippen LogP contribution in [0.3, 0.4) is 0 Å². The molecule has 2 aromatic heterocycles. The highest BCUT2D eigenvalue weighted by molar-refractivity contribution is 5.95. The summed E-state index contributed by atoms with van der Waals surface area (Å²) >= 11 is 0. The van der Waals surface area contributed by atoms with Gasteiger partial charge < -0.3 is 10.2 Å². The van der Waals surface area contributed by atoms with E-state index in [9.17, 15) is 9.59 Å². The zero-order valence-corrected chi connectivity index (χ0v) is 13.9. The first-order valence-electron chi connectivity index (χ1n) is 8.00. The molecular formula is C17H21N5O2. The van der Waals surface area contributed by atoms with Crippen LogP contribution in [-0.2, 0) is 5.41 Å². The molecule has 0 aromatic carbocycles. The summed E-state index contributed by atoms with van der Waals surface area (Å²) in [5.74, 6) is -0.120. The Hall–Kier alpha value is -2.70. The fraction of sp³-hybridized carbons (Fsp3) is 0.412. The van der Waals surface area contributed by atoms with Gasteiger partial charge in [-0.05, 0) is 25.0 Å². The van der Waals surface area contributed by atoms with Gasteiger partial charge in [0, 0.05) is 43.5 Å². The van der Waals surface area contributed by atoms with Gasteiger partial charge in [0.1, 0.15) is 0 Å². The molecule has 1 fully saturated rings. The van der Waals surface area contributed by atoms with Crippen molar-refractivity contribution in [3.8, 4) is 0 Å². The van der Waals surface area contributed by atoms with Gasteiger partial charge >= 0.3 is 0 Å². The zero-order chi connectivity index (χ0) is 17.2. The Morgan fingerprint density at radius 2 is 1.92 bits per heavy atom. The Balaban J connectivity index is 1.74. The molecule has 0 unspecified atom stereocenters. The molecule has 7 heteroatoms. The van der Waals surface area contributed by atoms with Gasteiger partial charge in [-0.25, -0.2) is 0 Å². The summed E-state index contributed by atoms with van der Waals surface area (Å²) in [7, 11) is 1.61. The van der Waals surface area contributed by atoms with Crippen LogP contribution in [0.25, 0.3) is 0 Å². The molecule has 0 bridgehead atoms. The molecule has 0 radical (unpaired) electrons. The summed E-state index contributed by atoms with van der Waals surface area (Å²) in [5, 5.41) is 9.67. The van der Waals surface area contributed by atoms with Crippen LogP contribution < -0.4 is 5.32 Å². The number of likely N-dealkylation sites (tertiary alicyclic amines) is 1. The van der Waals surface area contributed by atoms with Gasteiger partial charge in [0.25, 0.3) is 11.8 Å². The summed E-state index contributed by atoms with van der Waals surface area (Å²) in [6.45, 7) is 3.40. The van der Waals surface area contributed by atoms with Crippen LogP contribution in [-0.4, -0.2) is 52.0 Å². The van der Waals surface area contributed by atoms with Crippen molar-refractivity contribution >= 4 is 11.8 Å². The van der Waals surface area contributed by atoms with Gasteiger partial charge in [0.2, 0.25) is 0 Å². The van der Waals surface area contributed by atoms with Crippen LogP contribution in [0.1, 0.15) is 46.2 Å². The molecular weight excluding hydrogens is 306 g/mol. The molecule has 0 spiro atoms. The van der Waals surface area contributed by atoms with Crippen molar-refractivity contribution in [3.63, 3.8) is 0 Å². The number of carbonyl (C=O) groups is 2. The first-order valence-corrected chi connectivity index (χ1v) is 8.00. The lowest BCUT2D eigenvalue weighted by molar-refractivity contribution is 0.0671. The van der Waals surface area contributed by atoms with E-state index in [1.165, 1.54) is 0 Å². The molecule has 3 rings (SSSR count). The standard InChI is InChI=1S/C17H21N5O2/c1-17(14-13(11-20-21-14)15(23)18-2)5-9-22(10-6-17)16(24)12-3-7-19-8-4-12/h3-4,7-8,11H,5-6,9-10H2,1-2H3,(H,18,23)(H,20,21). The Labute approximate surface area is 140 Å². The molecule has 1 aliphatic heterocycles. The van der Waals surface area contributed by atoms with Crippen LogP contribution in [0.5, 0.6) is 0 Å². The second-order valence-corrected chi connectivity index (χ2v) is 6.33. The number of hydrogen-bond acceptors (Lipinski definition) is 4. The molecule has 24 heavy (non-hydrogen) atoms. The lowest BCUT2D eigenvalue weighted by atomic mass is 9.76. The number of nitrogens with zero attached hydrogens (tertiary/aromatic N) is 3. The highest BCUT2D eigenvalue weighted by atomic mass is 16.2. The topological polar surface area (TPSA) is 91.0 Å². The lowest BCUT2D eigenvalue weighted by Gasteiger charge is -2.39. The Bertz CT molecular complexity index is 732. The van der Waals surface area contributed by atoms with Crippen LogP contribution in [0.2, 0.25) is 0 Å². The highest BCUT2D eigenvalue weighted by Gasteiger charge is 2.37. The third-order valence-corrected chi connectivity index (χ3v) is 4.80. The van der Waals surface area contributed by atoms with Crippen LogP contribution in [0.4, 0.5) is 0 Å². The third kappa shape index (κ3) is 2.89. The average Bonchev–Trinajstić information content (AvgIpc) is 3.12. The molecule has 0 aliphatic carbocycles. The van der Waals surface area contributed by atoms with Gasteiger partial charge in [-0.1, -0.05) is 6.92 Å². The quantitative estimate of drug-likeness (QED) is 0.890. The van der Waals surface area contributed by atoms with Gasteiger partial charge in [-0.15, -0.1) is 0 Å². The number of H-pyrrole nitrogens is 1. The Kier molecular flexibility index (Phi) is 4.33. The van der Waals surface area contributed by atoms with E-state index in [0.717, 1.165) is 18.5 Å². The number of piperidine rings is 1. The Morgan fingerprint density at radius 1 is 1.25 bits per heavy atom. The van der Waals surface area contributed by atoms with E-state index < -0.39 is 0 Å². The van der Waals surface area contributed by atoms with E-state index in [1.807, 2.05) is 4.90 Å². The van der Waals surface area contributed by atoms with Crippen LogP contribution in [0.15, 0.2) is 30.7 Å². The number of carbonyl (C=O) groups excluding carboxylic acids is 2. The van der Waals surface area contributed by atoms with Gasteiger partial charge in [0.05, 0.1) is 17.5 Å². The second-order valence-electron chi connectivity index (χ2n) is 6.33. The molecule has 1 saturated heterocycles. The van der Waals surface area contributed by atoms with Crippen LogP contribution >= 0.6 is 0 Å². The van der Waals surface area contributed by atoms with Crippen molar-refractivity contribution in [2.75, 3.05) is 20.1 Å². The van der Waals surface area contributed by atoms with Crippen molar-refractivity contribution in [1.29, 1.82) is 0 Å². The second kappa shape index (κ2) is 6.43. The number of rotatable bonds is 3. The minimum atomic E-state index is -0.201. The number of amides is 2. The number of aromatic amines is 1. The van der Waals surface area contributed by atoms with E-state index >= 15 is 0 Å². The van der Waals surface area contributed by atoms with E-state index in [0.29, 0.717) is 24.2 Å². The first kappa shape index (κ1) is 16.2. The Morgan fingerprint density at radius 3 is 2.54 bits per heavy atom. The average molecular weight is 327 g/mol. The summed E-state index contributed by atoms with van der Waals surface area (Å²) in [6, 6.07) is 3.46. The zero-order valence-electron chi connectivity index (χ0n) is 13.9. The van der Waals surface area contributed by atoms with Crippen molar-refractivity contribution < 1.29 is 9.59 Å². The summed E-state index contributed by atoms with van der Waals surface area (Å²) in [6.07, 6.45) is 6.36. The maximum atomic E-state index is 12.5. The molecule has 7 nitrogen and oxygen atoms in total. The minimum absolute atomic E-state index is 0.0237. The number of hydrogen-bond donors (Lipinski definition) is 2. The predicted octanol–water partition coefficient (Wildman–Crippen LogP) is 1.36. The first-order chi connectivity index (χ1) is 11.5. The molecule has 0 saturated carbocycles. The number of pyridine rings is 1. The summed E-state index contributed by atoms with van der Waals surface area (Å²) < 4.78 is 0. The van der Waals surface area contributed by atoms with Crippen molar-refractivity contribution in [3.05, 3.63) is 47.5 Å². The molecule has 2 aromatic rings. The van der Waals surface area contributed by atoms with Gasteiger partial charge in [0.15, 0.2) is 0 Å². The number of aromatic nitrogens is 3. The molecule has 2 amide bonds. The van der Waals surface area contributed by atoms with Crippen LogP contribution in [0, 0.1) is 0 Å². The fourth-order valence-corrected chi connectivity index (χ4v) is 3.18. The highest BCUT2D eigenvalue weighted by Crippen LogP contribution is 2.36. The van der Waals surface area contributed by atoms with Gasteiger partial charge in [-0.3, -0.25) is 19.7 Å². The molecule has 2 N–H and O–H groups in total. The maximum Gasteiger partial charge on any atom is 0.254 e. The predicted molar refractivity (Wildman–Crippen MR) is 88.7 cm³/mol. The molecule has 126 valence electrons. The van der Waals surface area contributed by atoms with Gasteiger partial charge in [-0.2, -0.15) is 5.10 Å². The third-order valence-electron chi connectivity index (χ3n) is 4.80. The fourth-order valence-electron chi connectivity index (χ4n) is 3.18. The largest absolute Gasteiger partial charge is 0.355 e. The van der Waals surface area contributed by atoms with E-state index in [2.05, 4.69) is 27.4 Å². The van der Waals surface area contributed by atoms with E-state index in [4.69, 9.17) is 0 Å². The summed E-state index contributed by atoms with van der Waals surface area (Å²) in [5.41, 5.74) is 1.88.